The molecule has 0 radical (unpaired) electrons. The van der Waals surface area contributed by atoms with Gasteiger partial charge in [-0.3, -0.25) is 4.68 Å². The van der Waals surface area contributed by atoms with E-state index in [2.05, 4.69) is 15.1 Å². The first-order valence-corrected chi connectivity index (χ1v) is 4.84. The summed E-state index contributed by atoms with van der Waals surface area (Å²) in [7, 11) is 0. The van der Waals surface area contributed by atoms with E-state index < -0.39 is 5.95 Å². The summed E-state index contributed by atoms with van der Waals surface area (Å²) in [4.78, 5) is 7.11. The smallest absolute Gasteiger partial charge is 0.225 e. The lowest BCUT2D eigenvalue weighted by molar-refractivity contribution is 0.447. The van der Waals surface area contributed by atoms with Gasteiger partial charge in [-0.1, -0.05) is 0 Å². The molecule has 2 rings (SSSR count). The maximum Gasteiger partial charge on any atom is 0.225 e. The fraction of sp³-hybridized carbons (Fsp3) is 0.300. The molecule has 0 aliphatic rings. The first kappa shape index (κ1) is 10.5. The van der Waals surface area contributed by atoms with E-state index in [4.69, 9.17) is 4.74 Å². The molecule has 5 nitrogen and oxygen atoms in total. The molecule has 6 heteroatoms. The van der Waals surface area contributed by atoms with Crippen LogP contribution >= 0.6 is 0 Å². The summed E-state index contributed by atoms with van der Waals surface area (Å²) in [6.07, 6.45) is 4.39. The van der Waals surface area contributed by atoms with E-state index in [1.165, 1.54) is 0 Å². The summed E-state index contributed by atoms with van der Waals surface area (Å²) in [5.41, 5.74) is 0. The Morgan fingerprint density at radius 1 is 1.38 bits per heavy atom. The van der Waals surface area contributed by atoms with Crippen molar-refractivity contribution in [3.63, 3.8) is 0 Å². The van der Waals surface area contributed by atoms with Crippen molar-refractivity contribution in [1.82, 2.24) is 19.7 Å². The Bertz CT molecular complexity index is 483. The van der Waals surface area contributed by atoms with Crippen LogP contribution in [0.1, 0.15) is 19.9 Å². The Hall–Kier alpha value is -1.98. The molecule has 2 aromatic rings. The van der Waals surface area contributed by atoms with Crippen molar-refractivity contribution in [3.8, 4) is 11.6 Å². The lowest BCUT2D eigenvalue weighted by atomic mass is 10.4. The Kier molecular flexibility index (Phi) is 2.80. The number of rotatable bonds is 3. The van der Waals surface area contributed by atoms with Gasteiger partial charge in [-0.2, -0.15) is 9.49 Å². The van der Waals surface area contributed by atoms with Crippen LogP contribution in [-0.4, -0.2) is 19.7 Å². The van der Waals surface area contributed by atoms with Crippen LogP contribution in [0, 0.1) is 5.95 Å². The molecule has 0 atom stereocenters. The quantitative estimate of drug-likeness (QED) is 0.747. The first-order chi connectivity index (χ1) is 7.65. The summed E-state index contributed by atoms with van der Waals surface area (Å²) in [6, 6.07) is 1.37. The lowest BCUT2D eigenvalue weighted by Gasteiger charge is -2.03. The number of aromatic nitrogens is 4. The Morgan fingerprint density at radius 3 is 2.81 bits per heavy atom. The van der Waals surface area contributed by atoms with Crippen LogP contribution in [0.3, 0.4) is 0 Å². The highest BCUT2D eigenvalue weighted by Gasteiger charge is 2.05. The van der Waals surface area contributed by atoms with Crippen molar-refractivity contribution in [3.05, 3.63) is 30.7 Å². The Balaban J connectivity index is 2.14. The van der Waals surface area contributed by atoms with Gasteiger partial charge in [0.05, 0.1) is 18.5 Å². The lowest BCUT2D eigenvalue weighted by Crippen LogP contribution is -1.99. The van der Waals surface area contributed by atoms with Crippen molar-refractivity contribution >= 4 is 0 Å². The van der Waals surface area contributed by atoms with Crippen molar-refractivity contribution in [1.29, 1.82) is 0 Å². The van der Waals surface area contributed by atoms with Gasteiger partial charge in [0, 0.05) is 6.04 Å². The molecule has 0 N–H and O–H groups in total. The summed E-state index contributed by atoms with van der Waals surface area (Å²) in [5.74, 6) is 0.0591. The third-order valence-corrected chi connectivity index (χ3v) is 1.94. The number of hydrogen-bond donors (Lipinski definition) is 0. The van der Waals surface area contributed by atoms with Crippen LogP contribution in [0.2, 0.25) is 0 Å². The molecular weight excluding hydrogens is 211 g/mol. The van der Waals surface area contributed by atoms with Crippen molar-refractivity contribution in [2.75, 3.05) is 0 Å². The van der Waals surface area contributed by atoms with E-state index in [1.807, 2.05) is 13.8 Å². The minimum Gasteiger partial charge on any atom is -0.436 e. The maximum absolute atomic E-state index is 12.8. The van der Waals surface area contributed by atoms with Crippen LogP contribution in [0.15, 0.2) is 24.8 Å². The molecule has 16 heavy (non-hydrogen) atoms. The second kappa shape index (κ2) is 4.26. The Morgan fingerprint density at radius 2 is 2.19 bits per heavy atom. The summed E-state index contributed by atoms with van der Waals surface area (Å²) >= 11 is 0. The average Bonchev–Trinajstić information content (AvgIpc) is 2.66. The fourth-order valence-electron chi connectivity index (χ4n) is 1.15. The third-order valence-electron chi connectivity index (χ3n) is 1.94. The third kappa shape index (κ3) is 2.33. The van der Waals surface area contributed by atoms with Gasteiger partial charge in [0.2, 0.25) is 11.8 Å². The molecule has 0 unspecified atom stereocenters. The van der Waals surface area contributed by atoms with Crippen molar-refractivity contribution in [2.24, 2.45) is 0 Å². The molecule has 2 aromatic heterocycles. The van der Waals surface area contributed by atoms with Gasteiger partial charge in [0.1, 0.15) is 6.33 Å². The second-order valence-corrected chi connectivity index (χ2v) is 3.53. The highest BCUT2D eigenvalue weighted by Crippen LogP contribution is 2.19. The molecule has 0 fully saturated rings. The van der Waals surface area contributed by atoms with E-state index in [1.54, 1.807) is 17.1 Å². The van der Waals surface area contributed by atoms with Crippen molar-refractivity contribution < 1.29 is 9.13 Å². The normalized spacial score (nSPS) is 10.8. The summed E-state index contributed by atoms with van der Waals surface area (Å²) < 4.78 is 19.8. The van der Waals surface area contributed by atoms with Gasteiger partial charge >= 0.3 is 0 Å². The standard InChI is InChI=1S/C10H11FN4O/c1-7(2)15-5-8(4-14-15)16-10-3-9(11)12-6-13-10/h3-7H,1-2H3. The zero-order valence-corrected chi connectivity index (χ0v) is 8.96. The maximum atomic E-state index is 12.8. The first-order valence-electron chi connectivity index (χ1n) is 4.84. The van der Waals surface area contributed by atoms with E-state index in [0.717, 1.165) is 12.4 Å². The number of hydrogen-bond acceptors (Lipinski definition) is 4. The number of ether oxygens (including phenoxy) is 1. The van der Waals surface area contributed by atoms with Gasteiger partial charge in [-0.25, -0.2) is 9.97 Å². The van der Waals surface area contributed by atoms with Crippen LogP contribution in [-0.2, 0) is 0 Å². The van der Waals surface area contributed by atoms with Crippen molar-refractivity contribution in [2.45, 2.75) is 19.9 Å². The summed E-state index contributed by atoms with van der Waals surface area (Å²) in [5, 5.41) is 4.09. The van der Waals surface area contributed by atoms with E-state index in [0.29, 0.717) is 5.75 Å². The molecule has 0 amide bonds. The SMILES string of the molecule is CC(C)n1cc(Oc2cc(F)ncn2)cn1. The molecule has 0 spiro atoms. The monoisotopic (exact) mass is 222 g/mol. The molecule has 0 aliphatic heterocycles. The molecule has 0 aliphatic carbocycles. The predicted molar refractivity (Wildman–Crippen MR) is 54.7 cm³/mol. The van der Waals surface area contributed by atoms with Gasteiger partial charge in [0.25, 0.3) is 0 Å². The highest BCUT2D eigenvalue weighted by atomic mass is 19.1. The van der Waals surface area contributed by atoms with E-state index in [9.17, 15) is 4.39 Å². The molecule has 0 aromatic carbocycles. The minimum atomic E-state index is -0.624. The highest BCUT2D eigenvalue weighted by molar-refractivity contribution is 5.20. The van der Waals surface area contributed by atoms with Crippen LogP contribution in [0.4, 0.5) is 4.39 Å². The number of halogens is 1. The zero-order chi connectivity index (χ0) is 11.5. The molecular formula is C10H11FN4O. The molecule has 0 saturated carbocycles. The van der Waals surface area contributed by atoms with Gasteiger partial charge in [-0.15, -0.1) is 0 Å². The Labute approximate surface area is 91.9 Å². The van der Waals surface area contributed by atoms with Crippen LogP contribution < -0.4 is 4.74 Å². The van der Waals surface area contributed by atoms with Gasteiger partial charge < -0.3 is 4.74 Å². The van der Waals surface area contributed by atoms with Gasteiger partial charge in [0.15, 0.2) is 5.75 Å². The topological polar surface area (TPSA) is 52.8 Å². The van der Waals surface area contributed by atoms with Gasteiger partial charge in [-0.05, 0) is 13.8 Å². The fourth-order valence-corrected chi connectivity index (χ4v) is 1.15. The zero-order valence-electron chi connectivity index (χ0n) is 8.96. The van der Waals surface area contributed by atoms with Crippen LogP contribution in [0.25, 0.3) is 0 Å². The molecule has 84 valence electrons. The van der Waals surface area contributed by atoms with E-state index >= 15 is 0 Å². The largest absolute Gasteiger partial charge is 0.436 e. The number of nitrogens with zero attached hydrogens (tertiary/aromatic N) is 4. The minimum absolute atomic E-state index is 0.163. The van der Waals surface area contributed by atoms with Crippen LogP contribution in [0.5, 0.6) is 11.6 Å². The second-order valence-electron chi connectivity index (χ2n) is 3.53. The molecule has 0 bridgehead atoms. The average molecular weight is 222 g/mol. The predicted octanol–water partition coefficient (Wildman–Crippen LogP) is 2.19. The van der Waals surface area contributed by atoms with E-state index in [-0.39, 0.29) is 11.9 Å². The molecule has 0 saturated heterocycles. The summed E-state index contributed by atoms with van der Waals surface area (Å²) in [6.45, 7) is 4.00. The molecule has 2 heterocycles.